The second-order valence-electron chi connectivity index (χ2n) is 5.62. The highest BCUT2D eigenvalue weighted by molar-refractivity contribution is 7.89. The number of rotatable bonds is 9. The molecule has 0 fully saturated rings. The Morgan fingerprint density at radius 1 is 1.04 bits per heavy atom. The summed E-state index contributed by atoms with van der Waals surface area (Å²) in [6, 6.07) is 15.7. The van der Waals surface area contributed by atoms with Gasteiger partial charge in [0.1, 0.15) is 5.75 Å². The Morgan fingerprint density at radius 3 is 2.27 bits per heavy atom. The number of carbonyl (C=O) groups excluding carboxylic acids is 1. The van der Waals surface area contributed by atoms with E-state index in [2.05, 4.69) is 4.72 Å². The summed E-state index contributed by atoms with van der Waals surface area (Å²) in [6.07, 6.45) is 0. The van der Waals surface area contributed by atoms with Crippen molar-refractivity contribution < 1.29 is 17.9 Å². The summed E-state index contributed by atoms with van der Waals surface area (Å²) in [4.78, 5) is 14.1. The van der Waals surface area contributed by atoms with Gasteiger partial charge >= 0.3 is 0 Å². The van der Waals surface area contributed by atoms with Gasteiger partial charge in [-0.1, -0.05) is 30.3 Å². The van der Waals surface area contributed by atoms with Crippen LogP contribution in [0.4, 0.5) is 0 Å². The van der Waals surface area contributed by atoms with Crippen molar-refractivity contribution in [2.45, 2.75) is 25.3 Å². The minimum atomic E-state index is -3.75. The molecule has 0 radical (unpaired) electrons. The summed E-state index contributed by atoms with van der Waals surface area (Å²) < 4.78 is 32.4. The number of likely N-dealkylation sites (N-methyl/N-ethyl adjacent to an activating group) is 1. The highest BCUT2D eigenvalue weighted by Gasteiger charge is 2.18. The minimum Gasteiger partial charge on any atom is -0.494 e. The maximum atomic E-state index is 12.4. The van der Waals surface area contributed by atoms with Crippen LogP contribution in [0.3, 0.4) is 0 Å². The van der Waals surface area contributed by atoms with Gasteiger partial charge in [-0.05, 0) is 43.7 Å². The Kier molecular flexibility index (Phi) is 7.17. The Morgan fingerprint density at radius 2 is 1.69 bits per heavy atom. The first-order chi connectivity index (χ1) is 12.5. The maximum Gasteiger partial charge on any atom is 0.241 e. The van der Waals surface area contributed by atoms with Crippen molar-refractivity contribution in [2.75, 3.05) is 19.7 Å². The van der Waals surface area contributed by atoms with E-state index < -0.39 is 10.0 Å². The predicted molar refractivity (Wildman–Crippen MR) is 100 cm³/mol. The van der Waals surface area contributed by atoms with Crippen molar-refractivity contribution in [1.82, 2.24) is 9.62 Å². The van der Waals surface area contributed by atoms with E-state index in [1.54, 1.807) is 17.0 Å². The molecule has 0 bridgehead atoms. The topological polar surface area (TPSA) is 75.7 Å². The highest BCUT2D eigenvalue weighted by Crippen LogP contribution is 2.15. The molecule has 0 aromatic heterocycles. The van der Waals surface area contributed by atoms with Crippen molar-refractivity contribution in [3.05, 3.63) is 60.2 Å². The van der Waals surface area contributed by atoms with E-state index >= 15 is 0 Å². The normalized spacial score (nSPS) is 11.2. The number of carbonyl (C=O) groups is 1. The monoisotopic (exact) mass is 376 g/mol. The van der Waals surface area contributed by atoms with E-state index in [1.807, 2.05) is 44.2 Å². The molecule has 1 N–H and O–H groups in total. The molecule has 26 heavy (non-hydrogen) atoms. The summed E-state index contributed by atoms with van der Waals surface area (Å²) in [7, 11) is -3.75. The Labute approximate surface area is 154 Å². The number of nitrogens with zero attached hydrogens (tertiary/aromatic N) is 1. The predicted octanol–water partition coefficient (Wildman–Crippen LogP) is 2.41. The molecule has 0 aliphatic carbocycles. The van der Waals surface area contributed by atoms with Gasteiger partial charge in [0.05, 0.1) is 18.0 Å². The lowest BCUT2D eigenvalue weighted by molar-refractivity contribution is -0.130. The van der Waals surface area contributed by atoms with Crippen LogP contribution in [-0.4, -0.2) is 38.9 Å². The van der Waals surface area contributed by atoms with Gasteiger partial charge < -0.3 is 9.64 Å². The number of amides is 1. The molecule has 0 spiro atoms. The van der Waals surface area contributed by atoms with Crippen LogP contribution in [-0.2, 0) is 21.4 Å². The molecule has 0 atom stereocenters. The fourth-order valence-electron chi connectivity index (χ4n) is 2.41. The second kappa shape index (κ2) is 9.35. The zero-order valence-corrected chi connectivity index (χ0v) is 15.8. The molecule has 2 aromatic rings. The minimum absolute atomic E-state index is 0.0971. The third-order valence-corrected chi connectivity index (χ3v) is 5.23. The van der Waals surface area contributed by atoms with E-state index in [1.165, 1.54) is 12.1 Å². The molecule has 2 aromatic carbocycles. The number of sulfonamides is 1. The van der Waals surface area contributed by atoms with Gasteiger partial charge in [-0.25, -0.2) is 13.1 Å². The van der Waals surface area contributed by atoms with Crippen LogP contribution in [0.25, 0.3) is 0 Å². The molecule has 0 heterocycles. The quantitative estimate of drug-likeness (QED) is 0.729. The molecule has 1 amide bonds. The summed E-state index contributed by atoms with van der Waals surface area (Å²) >= 11 is 0. The molecule has 0 saturated carbocycles. The zero-order valence-electron chi connectivity index (χ0n) is 15.0. The first-order valence-electron chi connectivity index (χ1n) is 8.50. The lowest BCUT2D eigenvalue weighted by Gasteiger charge is -2.21. The van der Waals surface area contributed by atoms with E-state index in [-0.39, 0.29) is 17.3 Å². The smallest absolute Gasteiger partial charge is 0.241 e. The van der Waals surface area contributed by atoms with E-state index in [4.69, 9.17) is 4.74 Å². The Hall–Kier alpha value is -2.38. The molecular formula is C19H24N2O4S. The van der Waals surface area contributed by atoms with Gasteiger partial charge in [0.2, 0.25) is 15.9 Å². The molecule has 7 heteroatoms. The molecule has 0 saturated heterocycles. The van der Waals surface area contributed by atoms with Gasteiger partial charge in [0, 0.05) is 13.1 Å². The number of nitrogens with one attached hydrogen (secondary N) is 1. The summed E-state index contributed by atoms with van der Waals surface area (Å²) in [5, 5.41) is 0. The molecule has 0 aliphatic rings. The maximum absolute atomic E-state index is 12.4. The van der Waals surface area contributed by atoms with E-state index in [0.717, 1.165) is 5.56 Å². The lowest BCUT2D eigenvalue weighted by Crippen LogP contribution is -2.39. The van der Waals surface area contributed by atoms with Crippen molar-refractivity contribution in [2.24, 2.45) is 0 Å². The average molecular weight is 376 g/mol. The van der Waals surface area contributed by atoms with Crippen LogP contribution < -0.4 is 9.46 Å². The first-order valence-corrected chi connectivity index (χ1v) is 9.98. The number of ether oxygens (including phenoxy) is 1. The van der Waals surface area contributed by atoms with Crippen LogP contribution in [0.1, 0.15) is 19.4 Å². The Bertz CT molecular complexity index is 805. The molecule has 6 nitrogen and oxygen atoms in total. The fourth-order valence-corrected chi connectivity index (χ4v) is 3.39. The zero-order chi connectivity index (χ0) is 19.0. The average Bonchev–Trinajstić information content (AvgIpc) is 2.66. The van der Waals surface area contributed by atoms with Gasteiger partial charge in [0.25, 0.3) is 0 Å². The van der Waals surface area contributed by atoms with Crippen molar-refractivity contribution in [1.29, 1.82) is 0 Å². The number of hydrogen-bond donors (Lipinski definition) is 1. The van der Waals surface area contributed by atoms with Crippen LogP contribution in [0.15, 0.2) is 59.5 Å². The van der Waals surface area contributed by atoms with Gasteiger partial charge in [-0.3, -0.25) is 4.79 Å². The van der Waals surface area contributed by atoms with E-state index in [9.17, 15) is 13.2 Å². The van der Waals surface area contributed by atoms with E-state index in [0.29, 0.717) is 25.4 Å². The van der Waals surface area contributed by atoms with Crippen LogP contribution >= 0.6 is 0 Å². The van der Waals surface area contributed by atoms with Gasteiger partial charge in [0.15, 0.2) is 0 Å². The SMILES string of the molecule is CCOc1ccc(S(=O)(=O)NCC(=O)N(CC)Cc2ccccc2)cc1. The standard InChI is InChI=1S/C19H24N2O4S/c1-3-21(15-16-8-6-5-7-9-16)19(22)14-20-26(23,24)18-12-10-17(11-13-18)25-4-2/h5-13,20H,3-4,14-15H2,1-2H3. The summed E-state index contributed by atoms with van der Waals surface area (Å²) in [6.45, 7) is 4.89. The fraction of sp³-hybridized carbons (Fsp3) is 0.316. The molecule has 0 unspecified atom stereocenters. The number of hydrogen-bond acceptors (Lipinski definition) is 4. The van der Waals surface area contributed by atoms with Gasteiger partial charge in [-0.15, -0.1) is 0 Å². The van der Waals surface area contributed by atoms with Crippen LogP contribution in [0, 0.1) is 0 Å². The molecule has 140 valence electrons. The number of benzene rings is 2. The molecule has 0 aliphatic heterocycles. The van der Waals surface area contributed by atoms with Gasteiger partial charge in [-0.2, -0.15) is 0 Å². The second-order valence-corrected chi connectivity index (χ2v) is 7.39. The molecule has 2 rings (SSSR count). The lowest BCUT2D eigenvalue weighted by atomic mass is 10.2. The van der Waals surface area contributed by atoms with Crippen molar-refractivity contribution in [3.63, 3.8) is 0 Å². The summed E-state index contributed by atoms with van der Waals surface area (Å²) in [5.41, 5.74) is 0.997. The van der Waals surface area contributed by atoms with Crippen molar-refractivity contribution in [3.8, 4) is 5.75 Å². The highest BCUT2D eigenvalue weighted by atomic mass is 32.2. The third-order valence-electron chi connectivity index (χ3n) is 3.81. The molecular weight excluding hydrogens is 352 g/mol. The van der Waals surface area contributed by atoms with Crippen LogP contribution in [0.5, 0.6) is 5.75 Å². The van der Waals surface area contributed by atoms with Crippen molar-refractivity contribution >= 4 is 15.9 Å². The first kappa shape index (κ1) is 19.9. The largest absolute Gasteiger partial charge is 0.494 e. The third kappa shape index (κ3) is 5.57. The summed E-state index contributed by atoms with van der Waals surface area (Å²) in [5.74, 6) is 0.327. The van der Waals surface area contributed by atoms with Crippen LogP contribution in [0.2, 0.25) is 0 Å². The Balaban J connectivity index is 1.97.